The second-order valence-electron chi connectivity index (χ2n) is 8.42. The van der Waals surface area contributed by atoms with E-state index < -0.39 is 15.8 Å². The average molecular weight is 509 g/mol. The molecule has 10 heteroatoms. The zero-order valence-electron chi connectivity index (χ0n) is 18.8. The molecule has 0 aliphatic heterocycles. The van der Waals surface area contributed by atoms with Crippen molar-refractivity contribution < 1.29 is 27.4 Å². The highest BCUT2D eigenvalue weighted by Crippen LogP contribution is 2.41. The van der Waals surface area contributed by atoms with Gasteiger partial charge in [-0.2, -0.15) is 0 Å². The Morgan fingerprint density at radius 2 is 1.74 bits per heavy atom. The summed E-state index contributed by atoms with van der Waals surface area (Å²) >= 11 is 5.91. The van der Waals surface area contributed by atoms with Gasteiger partial charge in [-0.05, 0) is 68.1 Å². The fourth-order valence-electron chi connectivity index (χ4n) is 4.21. The first-order valence-electron chi connectivity index (χ1n) is 10.8. The molecule has 0 radical (unpaired) electrons. The molecule has 0 amide bonds. The number of fused-ring (bicyclic) bond motifs is 1. The van der Waals surface area contributed by atoms with E-state index in [0.717, 1.165) is 6.26 Å². The Labute approximate surface area is 202 Å². The SMILES string of the molecule is COc1cc2c(O)ccc(Nc3ccc(F)c(Cl)c3)c2cc1OC1CCC(NS(C)(=O)=O)CC1. The summed E-state index contributed by atoms with van der Waals surface area (Å²) in [5.41, 5.74) is 1.26. The van der Waals surface area contributed by atoms with Gasteiger partial charge in [0.05, 0.1) is 24.5 Å². The fourth-order valence-corrected chi connectivity index (χ4v) is 5.23. The smallest absolute Gasteiger partial charge is 0.208 e. The van der Waals surface area contributed by atoms with Gasteiger partial charge in [-0.15, -0.1) is 0 Å². The molecule has 3 aromatic rings. The lowest BCUT2D eigenvalue weighted by molar-refractivity contribution is 0.140. The molecule has 1 saturated carbocycles. The number of aromatic hydroxyl groups is 1. The van der Waals surface area contributed by atoms with Crippen molar-refractivity contribution in [1.29, 1.82) is 0 Å². The van der Waals surface area contributed by atoms with E-state index in [9.17, 15) is 17.9 Å². The van der Waals surface area contributed by atoms with Crippen LogP contribution < -0.4 is 19.5 Å². The predicted molar refractivity (Wildman–Crippen MR) is 132 cm³/mol. The summed E-state index contributed by atoms with van der Waals surface area (Å²) in [5, 5.41) is 14.9. The van der Waals surface area contributed by atoms with Crippen LogP contribution in [0.25, 0.3) is 10.8 Å². The van der Waals surface area contributed by atoms with Gasteiger partial charge in [-0.3, -0.25) is 0 Å². The third-order valence-electron chi connectivity index (χ3n) is 5.82. The van der Waals surface area contributed by atoms with Gasteiger partial charge in [-0.25, -0.2) is 17.5 Å². The lowest BCUT2D eigenvalue weighted by Crippen LogP contribution is -2.39. The summed E-state index contributed by atoms with van der Waals surface area (Å²) in [6.45, 7) is 0. The number of rotatable bonds is 7. The van der Waals surface area contributed by atoms with Crippen LogP contribution in [0.1, 0.15) is 25.7 Å². The molecule has 182 valence electrons. The zero-order valence-corrected chi connectivity index (χ0v) is 20.3. The molecular weight excluding hydrogens is 483 g/mol. The Bertz CT molecular complexity index is 1310. The minimum Gasteiger partial charge on any atom is -0.507 e. The maximum Gasteiger partial charge on any atom is 0.208 e. The highest BCUT2D eigenvalue weighted by molar-refractivity contribution is 7.88. The molecule has 1 aliphatic carbocycles. The number of benzene rings is 3. The van der Waals surface area contributed by atoms with E-state index in [1.165, 1.54) is 19.2 Å². The Morgan fingerprint density at radius 1 is 1.03 bits per heavy atom. The number of hydrogen-bond acceptors (Lipinski definition) is 6. The van der Waals surface area contributed by atoms with Crippen molar-refractivity contribution in [1.82, 2.24) is 4.72 Å². The summed E-state index contributed by atoms with van der Waals surface area (Å²) in [5.74, 6) is 0.557. The second-order valence-corrected chi connectivity index (χ2v) is 10.6. The van der Waals surface area contributed by atoms with E-state index in [0.29, 0.717) is 59.3 Å². The van der Waals surface area contributed by atoms with Crippen molar-refractivity contribution in [2.24, 2.45) is 0 Å². The van der Waals surface area contributed by atoms with E-state index in [1.54, 1.807) is 30.3 Å². The van der Waals surface area contributed by atoms with Gasteiger partial charge in [0.2, 0.25) is 10.0 Å². The van der Waals surface area contributed by atoms with E-state index in [4.69, 9.17) is 21.1 Å². The number of hydrogen-bond donors (Lipinski definition) is 3. The molecular formula is C24H26ClFN2O5S. The summed E-state index contributed by atoms with van der Waals surface area (Å²) < 4.78 is 51.0. The number of nitrogens with one attached hydrogen (secondary N) is 2. The summed E-state index contributed by atoms with van der Waals surface area (Å²) in [4.78, 5) is 0. The molecule has 0 spiro atoms. The van der Waals surface area contributed by atoms with Crippen molar-refractivity contribution in [3.63, 3.8) is 0 Å². The molecule has 3 aromatic carbocycles. The normalized spacial score (nSPS) is 18.6. The van der Waals surface area contributed by atoms with Gasteiger partial charge >= 0.3 is 0 Å². The Balaban J connectivity index is 1.61. The average Bonchev–Trinajstić information content (AvgIpc) is 2.78. The van der Waals surface area contributed by atoms with E-state index in [-0.39, 0.29) is 22.9 Å². The predicted octanol–water partition coefficient (Wildman–Crippen LogP) is 5.33. The standard InChI is InChI=1S/C24H26ClFN2O5S/c1-32-23-13-18-17(12-24(23)33-16-6-3-14(4-7-16)28-34(2,30)31)21(9-10-22(18)29)27-15-5-8-20(26)19(25)11-15/h5,8-14,16,27-29H,3-4,6-7H2,1-2H3. The van der Waals surface area contributed by atoms with Crippen LogP contribution in [-0.4, -0.2) is 39.0 Å². The summed E-state index contributed by atoms with van der Waals surface area (Å²) in [6, 6.07) is 11.0. The Morgan fingerprint density at radius 3 is 2.38 bits per heavy atom. The highest BCUT2D eigenvalue weighted by Gasteiger charge is 2.25. The number of anilines is 2. The van der Waals surface area contributed by atoms with Gasteiger partial charge < -0.3 is 19.9 Å². The molecule has 1 fully saturated rings. The van der Waals surface area contributed by atoms with Crippen molar-refractivity contribution in [3.05, 3.63) is 53.3 Å². The minimum atomic E-state index is -3.25. The number of phenolic OH excluding ortho intramolecular Hbond substituents is 1. The maximum absolute atomic E-state index is 13.6. The molecule has 0 saturated heterocycles. The molecule has 3 N–H and O–H groups in total. The lowest BCUT2D eigenvalue weighted by atomic mass is 9.93. The quantitative estimate of drug-likeness (QED) is 0.373. The third-order valence-corrected chi connectivity index (χ3v) is 6.88. The first-order chi connectivity index (χ1) is 16.1. The first-order valence-corrected chi connectivity index (χ1v) is 13.1. The van der Waals surface area contributed by atoms with Crippen molar-refractivity contribution in [2.45, 2.75) is 37.8 Å². The largest absolute Gasteiger partial charge is 0.507 e. The van der Waals surface area contributed by atoms with Crippen LogP contribution in [0.15, 0.2) is 42.5 Å². The molecule has 1 aliphatic rings. The fraction of sp³-hybridized carbons (Fsp3) is 0.333. The molecule has 0 unspecified atom stereocenters. The second kappa shape index (κ2) is 9.85. The molecule has 0 bridgehead atoms. The van der Waals surface area contributed by atoms with Gasteiger partial charge in [0.15, 0.2) is 11.5 Å². The van der Waals surface area contributed by atoms with Crippen molar-refractivity contribution in [2.75, 3.05) is 18.7 Å². The van der Waals surface area contributed by atoms with Crippen LogP contribution in [-0.2, 0) is 10.0 Å². The van der Waals surface area contributed by atoms with Gasteiger partial charge in [0, 0.05) is 28.2 Å². The Hall–Kier alpha value is -2.75. The van der Waals surface area contributed by atoms with Crippen LogP contribution in [0, 0.1) is 5.82 Å². The Kier molecular flexibility index (Phi) is 7.06. The van der Waals surface area contributed by atoms with E-state index >= 15 is 0 Å². The maximum atomic E-state index is 13.6. The van der Waals surface area contributed by atoms with Gasteiger partial charge in [-0.1, -0.05) is 11.6 Å². The molecule has 0 aromatic heterocycles. The van der Waals surface area contributed by atoms with Crippen LogP contribution >= 0.6 is 11.6 Å². The van der Waals surface area contributed by atoms with Gasteiger partial charge in [0.25, 0.3) is 0 Å². The summed E-state index contributed by atoms with van der Waals surface area (Å²) in [7, 11) is -1.72. The highest BCUT2D eigenvalue weighted by atomic mass is 35.5. The number of ether oxygens (including phenoxy) is 2. The molecule has 0 heterocycles. The van der Waals surface area contributed by atoms with Crippen LogP contribution in [0.4, 0.5) is 15.8 Å². The van der Waals surface area contributed by atoms with E-state index in [2.05, 4.69) is 10.0 Å². The number of halogens is 2. The monoisotopic (exact) mass is 508 g/mol. The molecule has 7 nitrogen and oxygen atoms in total. The van der Waals surface area contributed by atoms with Crippen LogP contribution in [0.2, 0.25) is 5.02 Å². The topological polar surface area (TPSA) is 96.9 Å². The zero-order chi connectivity index (χ0) is 24.5. The van der Waals surface area contributed by atoms with Crippen molar-refractivity contribution in [3.8, 4) is 17.2 Å². The number of methoxy groups -OCH3 is 1. The molecule has 4 rings (SSSR count). The molecule has 34 heavy (non-hydrogen) atoms. The van der Waals surface area contributed by atoms with E-state index in [1.807, 2.05) is 0 Å². The summed E-state index contributed by atoms with van der Waals surface area (Å²) in [6.07, 6.45) is 3.78. The minimum absolute atomic E-state index is 0.000240. The van der Waals surface area contributed by atoms with Crippen molar-refractivity contribution >= 4 is 43.8 Å². The van der Waals surface area contributed by atoms with Crippen LogP contribution in [0.3, 0.4) is 0 Å². The number of sulfonamides is 1. The lowest BCUT2D eigenvalue weighted by Gasteiger charge is -2.29. The first kappa shape index (κ1) is 24.4. The van der Waals surface area contributed by atoms with Crippen LogP contribution in [0.5, 0.6) is 17.2 Å². The third kappa shape index (κ3) is 5.65. The number of phenols is 1. The van der Waals surface area contributed by atoms with Gasteiger partial charge in [0.1, 0.15) is 11.6 Å². The molecule has 0 atom stereocenters.